The summed E-state index contributed by atoms with van der Waals surface area (Å²) in [6.07, 6.45) is 0.515. The second-order valence-electron chi connectivity index (χ2n) is 7.21. The van der Waals surface area contributed by atoms with Gasteiger partial charge in [0.25, 0.3) is 0 Å². The van der Waals surface area contributed by atoms with Crippen LogP contribution in [0, 0.1) is 0 Å². The number of hydrogen-bond donors (Lipinski definition) is 1. The maximum absolute atomic E-state index is 12.5. The molecule has 0 aromatic heterocycles. The van der Waals surface area contributed by atoms with E-state index in [0.29, 0.717) is 6.54 Å². The van der Waals surface area contributed by atoms with Crippen LogP contribution in [-0.4, -0.2) is 42.3 Å². The summed E-state index contributed by atoms with van der Waals surface area (Å²) in [5.41, 5.74) is 6.87. The van der Waals surface area contributed by atoms with Crippen LogP contribution in [0.3, 0.4) is 0 Å². The molecule has 2 rings (SSSR count). The fourth-order valence-electron chi connectivity index (χ4n) is 3.03. The van der Waals surface area contributed by atoms with Gasteiger partial charge in [0, 0.05) is 24.5 Å². The molecule has 5 nitrogen and oxygen atoms in total. The Morgan fingerprint density at radius 3 is 2.57 bits per heavy atom. The fourth-order valence-corrected chi connectivity index (χ4v) is 3.03. The number of hydrogen-bond acceptors (Lipinski definition) is 4. The zero-order chi connectivity index (χ0) is 17.2. The average Bonchev–Trinajstić information content (AvgIpc) is 2.48. The van der Waals surface area contributed by atoms with E-state index in [1.807, 2.05) is 52.0 Å². The third-order valence-electron chi connectivity index (χ3n) is 4.29. The van der Waals surface area contributed by atoms with Crippen molar-refractivity contribution in [1.29, 1.82) is 0 Å². The first-order valence-electron chi connectivity index (χ1n) is 8.11. The number of benzene rings is 1. The molecule has 5 heteroatoms. The van der Waals surface area contributed by atoms with Gasteiger partial charge in [-0.15, -0.1) is 0 Å². The number of amides is 1. The van der Waals surface area contributed by atoms with Crippen molar-refractivity contribution in [2.24, 2.45) is 5.73 Å². The van der Waals surface area contributed by atoms with E-state index in [0.717, 1.165) is 17.7 Å². The minimum Gasteiger partial charge on any atom is -0.496 e. The number of rotatable bonds is 2. The van der Waals surface area contributed by atoms with Crippen LogP contribution in [0.25, 0.3) is 0 Å². The summed E-state index contributed by atoms with van der Waals surface area (Å²) in [7, 11) is 1.66. The molecular formula is C18H28N2O3. The number of nitrogens with two attached hydrogens (primary N) is 1. The van der Waals surface area contributed by atoms with Crippen molar-refractivity contribution >= 4 is 6.09 Å². The van der Waals surface area contributed by atoms with Crippen LogP contribution in [0.1, 0.15) is 45.6 Å². The Hall–Kier alpha value is -1.75. The number of piperidine rings is 1. The second kappa shape index (κ2) is 6.79. The predicted octanol–water partition coefficient (Wildman–Crippen LogP) is 3.14. The SMILES string of the molecule is COc1ccccc1C1CC(N)C(C)N(C(=O)OC(C)(C)C)C1. The summed E-state index contributed by atoms with van der Waals surface area (Å²) in [5.74, 6) is 0.980. The Labute approximate surface area is 138 Å². The molecular weight excluding hydrogens is 292 g/mol. The number of carbonyl (C=O) groups excluding carboxylic acids is 1. The highest BCUT2D eigenvalue weighted by Crippen LogP contribution is 2.35. The first kappa shape index (κ1) is 17.6. The summed E-state index contributed by atoms with van der Waals surface area (Å²) in [4.78, 5) is 14.3. The quantitative estimate of drug-likeness (QED) is 0.909. The lowest BCUT2D eigenvalue weighted by Gasteiger charge is -2.42. The minimum absolute atomic E-state index is 0.0455. The Kier molecular flexibility index (Phi) is 5.19. The topological polar surface area (TPSA) is 64.8 Å². The van der Waals surface area contributed by atoms with E-state index in [9.17, 15) is 4.79 Å². The summed E-state index contributed by atoms with van der Waals surface area (Å²) >= 11 is 0. The van der Waals surface area contributed by atoms with Crippen LogP contribution in [0.2, 0.25) is 0 Å². The van der Waals surface area contributed by atoms with E-state index < -0.39 is 5.60 Å². The van der Waals surface area contributed by atoms with Gasteiger partial charge in [-0.25, -0.2) is 4.79 Å². The highest BCUT2D eigenvalue weighted by molar-refractivity contribution is 5.69. The van der Waals surface area contributed by atoms with Crippen molar-refractivity contribution in [3.8, 4) is 5.75 Å². The lowest BCUT2D eigenvalue weighted by Crippen LogP contribution is -2.56. The number of methoxy groups -OCH3 is 1. The van der Waals surface area contributed by atoms with E-state index in [2.05, 4.69) is 0 Å². The highest BCUT2D eigenvalue weighted by atomic mass is 16.6. The van der Waals surface area contributed by atoms with Gasteiger partial charge in [0.15, 0.2) is 0 Å². The summed E-state index contributed by atoms with van der Waals surface area (Å²) in [5, 5.41) is 0. The molecule has 1 aromatic carbocycles. The Bertz CT molecular complexity index is 553. The van der Waals surface area contributed by atoms with Gasteiger partial charge in [0.2, 0.25) is 0 Å². The maximum Gasteiger partial charge on any atom is 0.410 e. The smallest absolute Gasteiger partial charge is 0.410 e. The molecule has 23 heavy (non-hydrogen) atoms. The van der Waals surface area contributed by atoms with Gasteiger partial charge in [0.05, 0.1) is 7.11 Å². The molecule has 1 fully saturated rings. The summed E-state index contributed by atoms with van der Waals surface area (Å²) in [6, 6.07) is 7.77. The minimum atomic E-state index is -0.516. The van der Waals surface area contributed by atoms with Crippen molar-refractivity contribution in [3.63, 3.8) is 0 Å². The van der Waals surface area contributed by atoms with Crippen LogP contribution in [-0.2, 0) is 4.74 Å². The lowest BCUT2D eigenvalue weighted by molar-refractivity contribution is 0.00655. The van der Waals surface area contributed by atoms with E-state index >= 15 is 0 Å². The first-order valence-corrected chi connectivity index (χ1v) is 8.11. The average molecular weight is 320 g/mol. The van der Waals surface area contributed by atoms with Crippen LogP contribution in [0.15, 0.2) is 24.3 Å². The Balaban J connectivity index is 2.23. The molecule has 3 atom stereocenters. The number of carbonyl (C=O) groups is 1. The van der Waals surface area contributed by atoms with E-state index in [4.69, 9.17) is 15.2 Å². The number of para-hydroxylation sites is 1. The molecule has 1 heterocycles. The van der Waals surface area contributed by atoms with Crippen molar-refractivity contribution in [3.05, 3.63) is 29.8 Å². The van der Waals surface area contributed by atoms with E-state index in [1.54, 1.807) is 12.0 Å². The first-order chi connectivity index (χ1) is 10.7. The van der Waals surface area contributed by atoms with Crippen LogP contribution >= 0.6 is 0 Å². The Morgan fingerprint density at radius 2 is 1.96 bits per heavy atom. The Morgan fingerprint density at radius 1 is 1.30 bits per heavy atom. The van der Waals surface area contributed by atoms with Gasteiger partial charge in [-0.3, -0.25) is 0 Å². The maximum atomic E-state index is 12.5. The van der Waals surface area contributed by atoms with Crippen molar-refractivity contribution in [2.75, 3.05) is 13.7 Å². The van der Waals surface area contributed by atoms with Gasteiger partial charge in [-0.05, 0) is 45.7 Å². The van der Waals surface area contributed by atoms with Crippen LogP contribution < -0.4 is 10.5 Å². The van der Waals surface area contributed by atoms with Crippen molar-refractivity contribution in [1.82, 2.24) is 4.90 Å². The van der Waals surface area contributed by atoms with Gasteiger partial charge >= 0.3 is 6.09 Å². The van der Waals surface area contributed by atoms with Gasteiger partial charge in [-0.1, -0.05) is 18.2 Å². The molecule has 1 saturated heterocycles. The molecule has 0 aliphatic carbocycles. The second-order valence-corrected chi connectivity index (χ2v) is 7.21. The van der Waals surface area contributed by atoms with Gasteiger partial charge < -0.3 is 20.1 Å². The van der Waals surface area contributed by atoms with Crippen molar-refractivity contribution in [2.45, 2.75) is 57.7 Å². The van der Waals surface area contributed by atoms with E-state index in [-0.39, 0.29) is 24.1 Å². The molecule has 2 N–H and O–H groups in total. The van der Waals surface area contributed by atoms with Gasteiger partial charge in [0.1, 0.15) is 11.4 Å². The number of likely N-dealkylation sites (tertiary alicyclic amines) is 1. The molecule has 0 saturated carbocycles. The van der Waals surface area contributed by atoms with Crippen LogP contribution in [0.5, 0.6) is 5.75 Å². The molecule has 1 aliphatic heterocycles. The molecule has 1 aliphatic rings. The molecule has 0 bridgehead atoms. The third kappa shape index (κ3) is 4.16. The number of nitrogens with zero attached hydrogens (tertiary/aromatic N) is 1. The fraction of sp³-hybridized carbons (Fsp3) is 0.611. The standard InChI is InChI=1S/C18H28N2O3/c1-12-15(19)10-13(14-8-6-7-9-16(14)22-5)11-20(12)17(21)23-18(2,3)4/h6-9,12-13,15H,10-11,19H2,1-5H3. The van der Waals surface area contributed by atoms with Crippen molar-refractivity contribution < 1.29 is 14.3 Å². The van der Waals surface area contributed by atoms with Crippen LogP contribution in [0.4, 0.5) is 4.79 Å². The molecule has 1 amide bonds. The molecule has 1 aromatic rings. The van der Waals surface area contributed by atoms with Gasteiger partial charge in [-0.2, -0.15) is 0 Å². The largest absolute Gasteiger partial charge is 0.496 e. The summed E-state index contributed by atoms with van der Waals surface area (Å²) < 4.78 is 11.0. The highest BCUT2D eigenvalue weighted by Gasteiger charge is 2.37. The molecule has 0 radical (unpaired) electrons. The molecule has 128 valence electrons. The zero-order valence-corrected chi connectivity index (χ0v) is 14.7. The normalized spacial score (nSPS) is 25.1. The monoisotopic (exact) mass is 320 g/mol. The lowest BCUT2D eigenvalue weighted by atomic mass is 9.84. The zero-order valence-electron chi connectivity index (χ0n) is 14.7. The number of ether oxygens (including phenoxy) is 2. The molecule has 3 unspecified atom stereocenters. The van der Waals surface area contributed by atoms with E-state index in [1.165, 1.54) is 0 Å². The summed E-state index contributed by atoms with van der Waals surface area (Å²) in [6.45, 7) is 8.18. The molecule has 0 spiro atoms. The third-order valence-corrected chi connectivity index (χ3v) is 4.29. The predicted molar refractivity (Wildman–Crippen MR) is 90.7 cm³/mol.